The Bertz CT molecular complexity index is 476. The maximum Gasteiger partial charge on any atom is 0.150 e. The van der Waals surface area contributed by atoms with E-state index in [0.717, 1.165) is 43.2 Å². The van der Waals surface area contributed by atoms with Crippen molar-refractivity contribution in [2.75, 3.05) is 20.2 Å². The van der Waals surface area contributed by atoms with Crippen molar-refractivity contribution in [3.8, 4) is 5.75 Å². The van der Waals surface area contributed by atoms with E-state index in [0.29, 0.717) is 11.0 Å². The fourth-order valence-corrected chi connectivity index (χ4v) is 2.92. The van der Waals surface area contributed by atoms with Crippen LogP contribution in [0.1, 0.15) is 43.1 Å². The first-order chi connectivity index (χ1) is 9.44. The number of hydrogen-bond donors (Lipinski definition) is 0. The van der Waals surface area contributed by atoms with Crippen LogP contribution in [0.4, 0.5) is 0 Å². The minimum atomic E-state index is 0.365. The van der Waals surface area contributed by atoms with Gasteiger partial charge in [-0.15, -0.1) is 0 Å². The Morgan fingerprint density at radius 2 is 2.15 bits per heavy atom. The molecule has 110 valence electrons. The van der Waals surface area contributed by atoms with Gasteiger partial charge >= 0.3 is 0 Å². The average molecular weight is 275 g/mol. The average Bonchev–Trinajstić information content (AvgIpc) is 2.87. The van der Waals surface area contributed by atoms with Gasteiger partial charge < -0.3 is 4.74 Å². The van der Waals surface area contributed by atoms with Crippen molar-refractivity contribution in [3.63, 3.8) is 0 Å². The molecule has 1 aliphatic heterocycles. The highest BCUT2D eigenvalue weighted by Crippen LogP contribution is 2.34. The van der Waals surface area contributed by atoms with E-state index in [1.807, 2.05) is 12.1 Å². The van der Waals surface area contributed by atoms with Crippen molar-refractivity contribution in [2.24, 2.45) is 11.3 Å². The summed E-state index contributed by atoms with van der Waals surface area (Å²) < 4.78 is 5.41. The van der Waals surface area contributed by atoms with Crippen LogP contribution in [0.3, 0.4) is 0 Å². The predicted molar refractivity (Wildman–Crippen MR) is 81.2 cm³/mol. The van der Waals surface area contributed by atoms with Gasteiger partial charge in [-0.1, -0.05) is 20.8 Å². The smallest absolute Gasteiger partial charge is 0.150 e. The van der Waals surface area contributed by atoms with Gasteiger partial charge in [0, 0.05) is 24.2 Å². The molecular weight excluding hydrogens is 250 g/mol. The van der Waals surface area contributed by atoms with E-state index in [1.165, 1.54) is 6.42 Å². The summed E-state index contributed by atoms with van der Waals surface area (Å²) in [5, 5.41) is 0. The zero-order valence-electron chi connectivity index (χ0n) is 13.0. The molecule has 0 spiro atoms. The van der Waals surface area contributed by atoms with Crippen LogP contribution in [0.15, 0.2) is 18.2 Å². The predicted octanol–water partition coefficient (Wildman–Crippen LogP) is 3.38. The molecule has 0 bridgehead atoms. The zero-order chi connectivity index (χ0) is 14.8. The molecule has 1 unspecified atom stereocenters. The van der Waals surface area contributed by atoms with Gasteiger partial charge in [0.1, 0.15) is 12.0 Å². The standard InChI is InChI=1S/C17H25NO2/c1-17(2,3)15-7-8-18(11-15)10-14-9-13(12-19)5-6-16(14)20-4/h5-6,9,12,15H,7-8,10-11H2,1-4H3. The fourth-order valence-electron chi connectivity index (χ4n) is 2.92. The number of hydrogen-bond acceptors (Lipinski definition) is 3. The van der Waals surface area contributed by atoms with Gasteiger partial charge in [0.2, 0.25) is 0 Å². The lowest BCUT2D eigenvalue weighted by Crippen LogP contribution is -2.26. The Morgan fingerprint density at radius 1 is 1.40 bits per heavy atom. The van der Waals surface area contributed by atoms with Gasteiger partial charge in [-0.05, 0) is 42.5 Å². The summed E-state index contributed by atoms with van der Waals surface area (Å²) >= 11 is 0. The molecule has 1 aliphatic rings. The summed E-state index contributed by atoms with van der Waals surface area (Å²) in [6.45, 7) is 10.0. The molecular formula is C17H25NO2. The van der Waals surface area contributed by atoms with Crippen molar-refractivity contribution in [3.05, 3.63) is 29.3 Å². The molecule has 0 amide bonds. The van der Waals surface area contributed by atoms with Crippen molar-refractivity contribution >= 4 is 6.29 Å². The molecule has 1 aromatic carbocycles. The molecule has 0 aliphatic carbocycles. The first-order valence-corrected chi connectivity index (χ1v) is 7.28. The second-order valence-corrected chi connectivity index (χ2v) is 6.78. The molecule has 0 saturated carbocycles. The molecule has 20 heavy (non-hydrogen) atoms. The fraction of sp³-hybridized carbons (Fsp3) is 0.588. The number of nitrogens with zero attached hydrogens (tertiary/aromatic N) is 1. The highest BCUT2D eigenvalue weighted by atomic mass is 16.5. The van der Waals surface area contributed by atoms with Gasteiger partial charge in [-0.3, -0.25) is 9.69 Å². The van der Waals surface area contributed by atoms with Crippen LogP contribution in [-0.2, 0) is 6.54 Å². The van der Waals surface area contributed by atoms with Crippen LogP contribution in [0, 0.1) is 11.3 Å². The number of ether oxygens (including phenoxy) is 1. The third-order valence-corrected chi connectivity index (χ3v) is 4.33. The van der Waals surface area contributed by atoms with E-state index in [1.54, 1.807) is 13.2 Å². The van der Waals surface area contributed by atoms with Crippen molar-refractivity contribution in [1.82, 2.24) is 4.90 Å². The molecule has 3 nitrogen and oxygen atoms in total. The van der Waals surface area contributed by atoms with Gasteiger partial charge in [-0.25, -0.2) is 0 Å². The van der Waals surface area contributed by atoms with E-state index >= 15 is 0 Å². The van der Waals surface area contributed by atoms with Gasteiger partial charge in [0.05, 0.1) is 7.11 Å². The topological polar surface area (TPSA) is 29.5 Å². The Balaban J connectivity index is 2.09. The molecule has 1 aromatic rings. The largest absolute Gasteiger partial charge is 0.496 e. The molecule has 1 fully saturated rings. The quantitative estimate of drug-likeness (QED) is 0.789. The third kappa shape index (κ3) is 3.40. The van der Waals surface area contributed by atoms with Crippen LogP contribution >= 0.6 is 0 Å². The zero-order valence-corrected chi connectivity index (χ0v) is 13.0. The molecule has 1 saturated heterocycles. The maximum atomic E-state index is 10.9. The molecule has 0 aromatic heterocycles. The lowest BCUT2D eigenvalue weighted by Gasteiger charge is -2.27. The number of benzene rings is 1. The third-order valence-electron chi connectivity index (χ3n) is 4.33. The first-order valence-electron chi connectivity index (χ1n) is 7.28. The van der Waals surface area contributed by atoms with Gasteiger partial charge in [-0.2, -0.15) is 0 Å². The lowest BCUT2D eigenvalue weighted by atomic mass is 9.80. The number of aldehydes is 1. The van der Waals surface area contributed by atoms with Crippen LogP contribution in [0.5, 0.6) is 5.75 Å². The number of likely N-dealkylation sites (tertiary alicyclic amines) is 1. The molecule has 1 atom stereocenters. The molecule has 0 radical (unpaired) electrons. The minimum absolute atomic E-state index is 0.365. The maximum absolute atomic E-state index is 10.9. The van der Waals surface area contributed by atoms with Crippen molar-refractivity contribution in [2.45, 2.75) is 33.7 Å². The van der Waals surface area contributed by atoms with Crippen LogP contribution in [-0.4, -0.2) is 31.4 Å². The summed E-state index contributed by atoms with van der Waals surface area (Å²) in [7, 11) is 1.68. The number of carbonyl (C=O) groups excluding carboxylic acids is 1. The van der Waals surface area contributed by atoms with Crippen LogP contribution in [0.25, 0.3) is 0 Å². The highest BCUT2D eigenvalue weighted by molar-refractivity contribution is 5.75. The van der Waals surface area contributed by atoms with E-state index in [2.05, 4.69) is 25.7 Å². The van der Waals surface area contributed by atoms with E-state index in [4.69, 9.17) is 4.74 Å². The van der Waals surface area contributed by atoms with E-state index in [9.17, 15) is 4.79 Å². The molecule has 0 N–H and O–H groups in total. The summed E-state index contributed by atoms with van der Waals surface area (Å²) in [5.41, 5.74) is 2.18. The van der Waals surface area contributed by atoms with Gasteiger partial charge in [0.25, 0.3) is 0 Å². The second-order valence-electron chi connectivity index (χ2n) is 6.78. The normalized spacial score (nSPS) is 20.1. The Labute approximate surface area is 121 Å². The number of methoxy groups -OCH3 is 1. The monoisotopic (exact) mass is 275 g/mol. The summed E-state index contributed by atoms with van der Waals surface area (Å²) in [6.07, 6.45) is 2.14. The number of rotatable bonds is 4. The molecule has 1 heterocycles. The van der Waals surface area contributed by atoms with Crippen LogP contribution in [0.2, 0.25) is 0 Å². The van der Waals surface area contributed by atoms with E-state index < -0.39 is 0 Å². The van der Waals surface area contributed by atoms with Gasteiger partial charge in [0.15, 0.2) is 0 Å². The SMILES string of the molecule is COc1ccc(C=O)cc1CN1CCC(C(C)(C)C)C1. The summed E-state index contributed by atoms with van der Waals surface area (Å²) in [4.78, 5) is 13.4. The van der Waals surface area contributed by atoms with E-state index in [-0.39, 0.29) is 0 Å². The van der Waals surface area contributed by atoms with Crippen LogP contribution < -0.4 is 4.74 Å². The Kier molecular flexibility index (Phi) is 4.48. The molecule has 3 heteroatoms. The molecule has 2 rings (SSSR count). The summed E-state index contributed by atoms with van der Waals surface area (Å²) in [5.74, 6) is 1.61. The second kappa shape index (κ2) is 5.96. The highest BCUT2D eigenvalue weighted by Gasteiger charge is 2.31. The minimum Gasteiger partial charge on any atom is -0.496 e. The number of carbonyl (C=O) groups is 1. The van der Waals surface area contributed by atoms with Crippen molar-refractivity contribution in [1.29, 1.82) is 0 Å². The van der Waals surface area contributed by atoms with Crippen molar-refractivity contribution < 1.29 is 9.53 Å². The Morgan fingerprint density at radius 3 is 2.70 bits per heavy atom. The summed E-state index contributed by atoms with van der Waals surface area (Å²) in [6, 6.07) is 5.63. The Hall–Kier alpha value is -1.35. The lowest BCUT2D eigenvalue weighted by molar-refractivity contribution is 0.112. The first kappa shape index (κ1) is 15.0.